The van der Waals surface area contributed by atoms with E-state index < -0.39 is 29.0 Å². The van der Waals surface area contributed by atoms with Crippen LogP contribution in [0.3, 0.4) is 0 Å². The highest BCUT2D eigenvalue weighted by atomic mass is 35.5. The van der Waals surface area contributed by atoms with Crippen molar-refractivity contribution >= 4 is 35.0 Å². The normalized spacial score (nSPS) is 18.5. The first-order valence-electron chi connectivity index (χ1n) is 13.6. The first-order chi connectivity index (χ1) is 21.1. The molecule has 1 aliphatic carbocycles. The lowest BCUT2D eigenvalue weighted by Crippen LogP contribution is -2.56. The minimum atomic E-state index is -1.97. The summed E-state index contributed by atoms with van der Waals surface area (Å²) in [5.74, 6) is -0.284. The molecule has 1 aliphatic heterocycles. The smallest absolute Gasteiger partial charge is 0.239 e. The van der Waals surface area contributed by atoms with Crippen molar-refractivity contribution in [1.29, 1.82) is 0 Å². The number of benzene rings is 2. The Morgan fingerprint density at radius 1 is 1.11 bits per heavy atom. The van der Waals surface area contributed by atoms with Gasteiger partial charge in [0.1, 0.15) is 45.2 Å². The van der Waals surface area contributed by atoms with E-state index in [1.165, 1.54) is 20.3 Å². The van der Waals surface area contributed by atoms with Crippen molar-refractivity contribution in [2.75, 3.05) is 27.1 Å². The van der Waals surface area contributed by atoms with Crippen molar-refractivity contribution in [1.82, 2.24) is 20.5 Å². The molecule has 1 amide bonds. The van der Waals surface area contributed by atoms with Gasteiger partial charge in [0.15, 0.2) is 5.75 Å². The van der Waals surface area contributed by atoms with E-state index in [0.29, 0.717) is 34.2 Å². The lowest BCUT2D eigenvalue weighted by Gasteiger charge is -2.35. The van der Waals surface area contributed by atoms with Crippen molar-refractivity contribution < 1.29 is 37.7 Å². The van der Waals surface area contributed by atoms with Gasteiger partial charge in [0.25, 0.3) is 0 Å². The van der Waals surface area contributed by atoms with E-state index in [2.05, 4.69) is 20.5 Å². The number of rotatable bonds is 8. The Morgan fingerprint density at radius 2 is 1.82 bits per heavy atom. The Kier molecular flexibility index (Phi) is 7.20. The Hall–Kier alpha value is -5.04. The van der Waals surface area contributed by atoms with Gasteiger partial charge >= 0.3 is 0 Å². The van der Waals surface area contributed by atoms with Gasteiger partial charge in [-0.25, -0.2) is 0 Å². The number of H-pyrrole nitrogens is 1. The van der Waals surface area contributed by atoms with E-state index >= 15 is 0 Å². The summed E-state index contributed by atoms with van der Waals surface area (Å²) in [6.07, 6.45) is -0.0843. The van der Waals surface area contributed by atoms with Gasteiger partial charge < -0.3 is 34.4 Å². The lowest BCUT2D eigenvalue weighted by atomic mass is 9.70. The summed E-state index contributed by atoms with van der Waals surface area (Å²) >= 11 is 6.57. The molecule has 4 aromatic rings. The molecule has 0 saturated carbocycles. The second-order valence-electron chi connectivity index (χ2n) is 10.4. The number of ether oxygens (including phenoxy) is 4. The Balaban J connectivity index is 1.44. The van der Waals surface area contributed by atoms with Crippen molar-refractivity contribution in [3.8, 4) is 34.3 Å². The summed E-state index contributed by atoms with van der Waals surface area (Å²) in [6, 6.07) is 8.47. The quantitative estimate of drug-likeness (QED) is 0.245. The average molecular weight is 622 g/mol. The van der Waals surface area contributed by atoms with Crippen LogP contribution in [0, 0.1) is 5.92 Å². The van der Waals surface area contributed by atoms with Crippen LogP contribution in [0.15, 0.2) is 34.7 Å². The Bertz CT molecular complexity index is 1810. The number of carbonyl (C=O) groups is 3. The van der Waals surface area contributed by atoms with E-state index in [1.807, 2.05) is 0 Å². The third-order valence-electron chi connectivity index (χ3n) is 7.94. The van der Waals surface area contributed by atoms with Crippen LogP contribution < -0.4 is 30.0 Å². The third-order valence-corrected chi connectivity index (χ3v) is 8.30. The number of nitrogens with zero attached hydrogens (tertiary/aromatic N) is 2. The SMILES string of the molecule is COc1ccc(-c2oc3c(c2CC(=O)NCc2nc(N)n[nH]2)C(=O)C2(Oc4c(Cl)c(OC)cc(OC)c4C2=O)C(C)C3)cc1. The van der Waals surface area contributed by atoms with Crippen molar-refractivity contribution in [2.24, 2.45) is 5.92 Å². The van der Waals surface area contributed by atoms with Crippen LogP contribution in [0.2, 0.25) is 5.02 Å². The number of halogens is 1. The predicted octanol–water partition coefficient (Wildman–Crippen LogP) is 3.57. The summed E-state index contributed by atoms with van der Waals surface area (Å²) in [5.41, 5.74) is 4.66. The minimum Gasteiger partial charge on any atom is -0.497 e. The molecule has 228 valence electrons. The summed E-state index contributed by atoms with van der Waals surface area (Å²) in [4.78, 5) is 46.1. The number of nitrogens with two attached hydrogens (primary N) is 1. The number of aromatic nitrogens is 3. The predicted molar refractivity (Wildman–Crippen MR) is 156 cm³/mol. The first-order valence-corrected chi connectivity index (χ1v) is 14.0. The van der Waals surface area contributed by atoms with E-state index in [-0.39, 0.29) is 58.7 Å². The minimum absolute atomic E-state index is 0.000938. The molecule has 2 aliphatic rings. The van der Waals surface area contributed by atoms with Crippen LogP contribution in [0.1, 0.15) is 44.8 Å². The lowest BCUT2D eigenvalue weighted by molar-refractivity contribution is -0.120. The number of methoxy groups -OCH3 is 3. The van der Waals surface area contributed by atoms with Crippen LogP contribution in [0.4, 0.5) is 5.95 Å². The summed E-state index contributed by atoms with van der Waals surface area (Å²) in [7, 11) is 4.36. The molecule has 2 aromatic heterocycles. The van der Waals surface area contributed by atoms with Gasteiger partial charge in [-0.3, -0.25) is 19.5 Å². The van der Waals surface area contributed by atoms with Gasteiger partial charge in [0.2, 0.25) is 29.0 Å². The maximum Gasteiger partial charge on any atom is 0.239 e. The molecular formula is C30H28ClN5O8. The standard InChI is InChI=1S/C30H28ClN5O8/c1-13-9-18-22(27(38)30(13)28(39)23-17(41-3)11-19(42-4)24(31)26(23)44-30)16(10-21(37)33-12-20-34-29(32)36-35-20)25(43-18)14-5-7-15(40-2)8-6-14/h5-8,11,13H,9-10,12H2,1-4H3,(H,33,37)(H3,32,34,35,36). The van der Waals surface area contributed by atoms with E-state index in [0.717, 1.165) is 0 Å². The molecule has 2 aromatic carbocycles. The number of ketones is 2. The Labute approximate surface area is 256 Å². The maximum absolute atomic E-state index is 14.6. The van der Waals surface area contributed by atoms with Crippen molar-refractivity contribution in [3.05, 3.63) is 63.6 Å². The van der Waals surface area contributed by atoms with Gasteiger partial charge in [-0.15, -0.1) is 5.10 Å². The maximum atomic E-state index is 14.6. The number of anilines is 1. The molecule has 2 atom stereocenters. The van der Waals surface area contributed by atoms with E-state index in [1.54, 1.807) is 38.3 Å². The number of furan rings is 1. The molecule has 6 rings (SSSR count). The van der Waals surface area contributed by atoms with Gasteiger partial charge in [0.05, 0.1) is 39.9 Å². The molecule has 4 N–H and O–H groups in total. The fraction of sp³-hybridized carbons (Fsp3) is 0.300. The fourth-order valence-corrected chi connectivity index (χ4v) is 6.04. The molecule has 0 bridgehead atoms. The fourth-order valence-electron chi connectivity index (χ4n) is 5.77. The second-order valence-corrected chi connectivity index (χ2v) is 10.8. The molecule has 13 nitrogen and oxygen atoms in total. The number of carbonyl (C=O) groups excluding carboxylic acids is 3. The third kappa shape index (κ3) is 4.42. The number of Topliss-reactive ketones (excluding diaryl/α,β-unsaturated/α-hetero) is 2. The summed E-state index contributed by atoms with van der Waals surface area (Å²) in [5, 5.41) is 9.17. The highest BCUT2D eigenvalue weighted by Crippen LogP contribution is 2.54. The number of nitrogens with one attached hydrogen (secondary N) is 2. The number of aromatic amines is 1. The van der Waals surface area contributed by atoms with E-state index in [9.17, 15) is 14.4 Å². The molecule has 0 fully saturated rings. The van der Waals surface area contributed by atoms with Crippen molar-refractivity contribution in [3.63, 3.8) is 0 Å². The van der Waals surface area contributed by atoms with Crippen LogP contribution in [0.5, 0.6) is 23.0 Å². The number of amides is 1. The number of hydrogen-bond acceptors (Lipinski definition) is 11. The molecular weight excluding hydrogens is 594 g/mol. The van der Waals surface area contributed by atoms with Crippen molar-refractivity contribution in [2.45, 2.75) is 31.9 Å². The van der Waals surface area contributed by atoms with Gasteiger partial charge in [-0.2, -0.15) is 4.98 Å². The largest absolute Gasteiger partial charge is 0.497 e. The molecule has 0 saturated heterocycles. The highest BCUT2D eigenvalue weighted by molar-refractivity contribution is 6.36. The Morgan fingerprint density at radius 3 is 2.45 bits per heavy atom. The monoisotopic (exact) mass is 621 g/mol. The van der Waals surface area contributed by atoms with Gasteiger partial charge in [0, 0.05) is 29.5 Å². The first kappa shape index (κ1) is 29.1. The molecule has 2 unspecified atom stereocenters. The summed E-state index contributed by atoms with van der Waals surface area (Å²) < 4.78 is 28.7. The topological polar surface area (TPSA) is 181 Å². The van der Waals surface area contributed by atoms with Gasteiger partial charge in [-0.05, 0) is 24.3 Å². The van der Waals surface area contributed by atoms with Gasteiger partial charge in [-0.1, -0.05) is 18.5 Å². The van der Waals surface area contributed by atoms with Crippen LogP contribution in [0.25, 0.3) is 11.3 Å². The zero-order chi connectivity index (χ0) is 31.3. The van der Waals surface area contributed by atoms with Crippen LogP contribution in [-0.4, -0.2) is 59.6 Å². The second kappa shape index (κ2) is 10.9. The average Bonchev–Trinajstić information content (AvgIpc) is 3.70. The van der Waals surface area contributed by atoms with Crippen LogP contribution in [-0.2, 0) is 24.2 Å². The van der Waals surface area contributed by atoms with Crippen LogP contribution >= 0.6 is 11.6 Å². The molecule has 0 radical (unpaired) electrons. The molecule has 14 heteroatoms. The number of fused-ring (bicyclic) bond motifs is 2. The molecule has 1 spiro atoms. The summed E-state index contributed by atoms with van der Waals surface area (Å²) in [6.45, 7) is 1.75. The van der Waals surface area contributed by atoms with E-state index in [4.69, 9.17) is 40.7 Å². The zero-order valence-corrected chi connectivity index (χ0v) is 25.0. The number of nitrogen functional groups attached to an aromatic ring is 1. The highest BCUT2D eigenvalue weighted by Gasteiger charge is 2.63. The number of hydrogen-bond donors (Lipinski definition) is 3. The zero-order valence-electron chi connectivity index (χ0n) is 24.2. The molecule has 44 heavy (non-hydrogen) atoms. The molecule has 3 heterocycles.